The van der Waals surface area contributed by atoms with Crippen molar-refractivity contribution in [3.63, 3.8) is 0 Å². The molecule has 0 fully saturated rings. The first-order chi connectivity index (χ1) is 3.56. The summed E-state index contributed by atoms with van der Waals surface area (Å²) in [4.78, 5) is 3.72. The van der Waals surface area contributed by atoms with Crippen LogP contribution in [0.3, 0.4) is 0 Å². The SMILES string of the molecule is C=NC[I-][N+](C)(C)N. The number of halogens is 1. The van der Waals surface area contributed by atoms with Crippen molar-refractivity contribution in [1.82, 2.24) is 0 Å². The van der Waals surface area contributed by atoms with Gasteiger partial charge in [0.2, 0.25) is 0 Å². The molecule has 0 spiro atoms. The second-order valence-electron chi connectivity index (χ2n) is 1.86. The fourth-order valence-corrected chi connectivity index (χ4v) is 1.18. The first-order valence-corrected chi connectivity index (χ1v) is 4.71. The molecule has 0 aliphatic rings. The van der Waals surface area contributed by atoms with E-state index in [4.69, 9.17) is 5.84 Å². The Balaban J connectivity index is 3.24. The number of aliphatic imine (C=N–C) groups is 1. The maximum atomic E-state index is 5.62. The van der Waals surface area contributed by atoms with Gasteiger partial charge in [0.25, 0.3) is 0 Å². The summed E-state index contributed by atoms with van der Waals surface area (Å²) in [6, 6.07) is 0. The van der Waals surface area contributed by atoms with Crippen molar-refractivity contribution in [2.45, 2.75) is 0 Å². The number of hydrogen-bond acceptors (Lipinski definition) is 2. The van der Waals surface area contributed by atoms with Gasteiger partial charge in [-0.2, -0.15) is 0 Å². The predicted molar refractivity (Wildman–Crippen MR) is 30.7 cm³/mol. The predicted octanol–water partition coefficient (Wildman–Crippen LogP) is -3.40. The first-order valence-electron chi connectivity index (χ1n) is 2.22. The quantitative estimate of drug-likeness (QED) is 0.102. The number of alkyl halides is 1. The van der Waals surface area contributed by atoms with Crippen LogP contribution in [0.4, 0.5) is 0 Å². The van der Waals surface area contributed by atoms with Crippen LogP contribution in [0.15, 0.2) is 4.99 Å². The molecule has 0 saturated heterocycles. The van der Waals surface area contributed by atoms with Gasteiger partial charge in [0.05, 0.1) is 0 Å². The third-order valence-electron chi connectivity index (χ3n) is 0.446. The second-order valence-corrected chi connectivity index (χ2v) is 5.71. The summed E-state index contributed by atoms with van der Waals surface area (Å²) >= 11 is -0.0324. The van der Waals surface area contributed by atoms with E-state index in [1.54, 1.807) is 0 Å². The van der Waals surface area contributed by atoms with Gasteiger partial charge in [-0.1, -0.05) is 0 Å². The van der Waals surface area contributed by atoms with Gasteiger partial charge in [-0.25, -0.2) is 0 Å². The van der Waals surface area contributed by atoms with E-state index < -0.39 is 0 Å². The molecule has 0 aliphatic heterocycles. The van der Waals surface area contributed by atoms with E-state index in [0.717, 1.165) is 4.55 Å². The van der Waals surface area contributed by atoms with Crippen LogP contribution in [0.1, 0.15) is 0 Å². The van der Waals surface area contributed by atoms with Gasteiger partial charge >= 0.3 is 60.5 Å². The van der Waals surface area contributed by atoms with Gasteiger partial charge in [-0.15, -0.1) is 0 Å². The average Bonchev–Trinajstić information content (AvgIpc) is 1.59. The van der Waals surface area contributed by atoms with Crippen molar-refractivity contribution in [3.8, 4) is 0 Å². The van der Waals surface area contributed by atoms with Crippen molar-refractivity contribution < 1.29 is 24.3 Å². The van der Waals surface area contributed by atoms with Gasteiger partial charge < -0.3 is 0 Å². The van der Waals surface area contributed by atoms with Crippen LogP contribution in [0.25, 0.3) is 0 Å². The Hall–Kier alpha value is 0.320. The molecule has 8 heavy (non-hydrogen) atoms. The molecular formula is C4H12IN3. The Bertz CT molecular complexity index is 75.8. The number of quaternary nitrogens is 1. The number of nitrogens with two attached hydrogens (primary N) is 1. The first kappa shape index (κ1) is 8.32. The van der Waals surface area contributed by atoms with Crippen LogP contribution >= 0.6 is 0 Å². The normalized spacial score (nSPS) is 11.9. The van der Waals surface area contributed by atoms with E-state index in [2.05, 4.69) is 11.7 Å². The molecule has 0 rings (SSSR count). The van der Waals surface area contributed by atoms with Crippen LogP contribution < -0.4 is 27.3 Å². The van der Waals surface area contributed by atoms with Crippen molar-refractivity contribution in [2.75, 3.05) is 18.6 Å². The van der Waals surface area contributed by atoms with Gasteiger partial charge in [0.15, 0.2) is 0 Å². The molecule has 0 radical (unpaired) electrons. The molecule has 2 N–H and O–H groups in total. The maximum absolute atomic E-state index is 5.62. The van der Waals surface area contributed by atoms with Crippen LogP contribution in [0.2, 0.25) is 0 Å². The molecule has 0 saturated carbocycles. The number of hydrogen-bond donors (Lipinski definition) is 1. The van der Waals surface area contributed by atoms with Gasteiger partial charge in [0, 0.05) is 0 Å². The van der Waals surface area contributed by atoms with Crippen molar-refractivity contribution in [1.29, 1.82) is 0 Å². The Kier molecular flexibility index (Phi) is 3.50. The molecule has 0 aromatic carbocycles. The van der Waals surface area contributed by atoms with Gasteiger partial charge in [0.1, 0.15) is 0 Å². The zero-order valence-corrected chi connectivity index (χ0v) is 7.42. The van der Waals surface area contributed by atoms with Crippen molar-refractivity contribution in [2.24, 2.45) is 10.8 Å². The Morgan fingerprint density at radius 3 is 2.38 bits per heavy atom. The minimum absolute atomic E-state index is 0.0324. The fourth-order valence-electron chi connectivity index (χ4n) is 0.176. The van der Waals surface area contributed by atoms with Crippen molar-refractivity contribution >= 4 is 6.72 Å². The van der Waals surface area contributed by atoms with E-state index in [9.17, 15) is 0 Å². The topological polar surface area (TPSA) is 38.4 Å². The molecule has 3 nitrogen and oxygen atoms in total. The molecule has 0 atom stereocenters. The van der Waals surface area contributed by atoms with E-state index in [-0.39, 0.29) is 21.5 Å². The number of nitrogens with zero attached hydrogens (tertiary/aromatic N) is 2. The van der Waals surface area contributed by atoms with Crippen LogP contribution in [0.5, 0.6) is 0 Å². The Labute approximate surface area is 60.8 Å². The van der Waals surface area contributed by atoms with Crippen LogP contribution in [-0.2, 0) is 0 Å². The van der Waals surface area contributed by atoms with Gasteiger partial charge in [-0.05, 0) is 0 Å². The fraction of sp³-hybridized carbons (Fsp3) is 0.750. The van der Waals surface area contributed by atoms with E-state index in [1.807, 2.05) is 14.1 Å². The third kappa shape index (κ3) is 6.32. The van der Waals surface area contributed by atoms with Crippen molar-refractivity contribution in [3.05, 3.63) is 0 Å². The minimum atomic E-state index is -0.0324. The summed E-state index contributed by atoms with van der Waals surface area (Å²) in [5, 5.41) is 0. The number of rotatable bonds is 3. The molecule has 0 aromatic rings. The Morgan fingerprint density at radius 2 is 2.25 bits per heavy atom. The molecule has 0 heterocycles. The zero-order chi connectivity index (χ0) is 6.62. The van der Waals surface area contributed by atoms with E-state index >= 15 is 0 Å². The molecule has 0 aromatic heterocycles. The molecular weight excluding hydrogens is 217 g/mol. The van der Waals surface area contributed by atoms with E-state index in [0.29, 0.717) is 2.81 Å². The van der Waals surface area contributed by atoms with E-state index in [1.165, 1.54) is 0 Å². The summed E-state index contributed by atoms with van der Waals surface area (Å²) in [6.07, 6.45) is 0. The summed E-state index contributed by atoms with van der Waals surface area (Å²) < 4.78 is 1.43. The van der Waals surface area contributed by atoms with Gasteiger partial charge in [-0.3, -0.25) is 0 Å². The summed E-state index contributed by atoms with van der Waals surface area (Å²) in [5.74, 6) is 5.62. The molecule has 0 unspecified atom stereocenters. The molecule has 0 bridgehead atoms. The van der Waals surface area contributed by atoms with Crippen LogP contribution in [0, 0.1) is 0 Å². The standard InChI is InChI=1S/C4H12IN3/c1-7-4-5-8(2,3)6/h1,4,6H2,2-3H3. The summed E-state index contributed by atoms with van der Waals surface area (Å²) in [5.41, 5.74) is 0. The zero-order valence-electron chi connectivity index (χ0n) is 5.26. The summed E-state index contributed by atoms with van der Waals surface area (Å²) in [6.45, 7) is 3.38. The summed E-state index contributed by atoms with van der Waals surface area (Å²) in [7, 11) is 3.94. The third-order valence-corrected chi connectivity index (χ3v) is 2.99. The Morgan fingerprint density at radius 1 is 1.75 bits per heavy atom. The molecule has 0 amide bonds. The second kappa shape index (κ2) is 3.37. The average molecular weight is 229 g/mol. The van der Waals surface area contributed by atoms with Crippen LogP contribution in [-0.4, -0.2) is 28.2 Å². The molecule has 0 aliphatic carbocycles. The molecule has 50 valence electrons. The monoisotopic (exact) mass is 229 g/mol. The molecule has 4 heteroatoms.